The van der Waals surface area contributed by atoms with Crippen LogP contribution in [0, 0.1) is 0 Å². The quantitative estimate of drug-likeness (QED) is 0.604. The summed E-state index contributed by atoms with van der Waals surface area (Å²) in [4.78, 5) is 15.0. The Balaban J connectivity index is 1.61. The smallest absolute Gasteiger partial charge is 0.306 e. The van der Waals surface area contributed by atoms with Gasteiger partial charge in [-0.1, -0.05) is 86.8 Å². The number of carbonyl (C=O) groups excluding carboxylic acids is 1. The van der Waals surface area contributed by atoms with Gasteiger partial charge in [0.05, 0.1) is 0 Å². The number of esters is 1. The van der Waals surface area contributed by atoms with Gasteiger partial charge in [0, 0.05) is 37.9 Å². The molecule has 2 aliphatic rings. The van der Waals surface area contributed by atoms with Crippen molar-refractivity contribution in [2.45, 2.75) is 69.4 Å². The van der Waals surface area contributed by atoms with Crippen LogP contribution in [0.25, 0.3) is 0 Å². The molecule has 154 valence electrons. The van der Waals surface area contributed by atoms with Crippen LogP contribution in [0.3, 0.4) is 0 Å². The monoisotopic (exact) mass is 391 g/mol. The van der Waals surface area contributed by atoms with E-state index in [0.29, 0.717) is 6.42 Å². The minimum atomic E-state index is -0.489. The molecule has 0 radical (unpaired) electrons. The van der Waals surface area contributed by atoms with Crippen molar-refractivity contribution < 1.29 is 9.53 Å². The SMILES string of the molecule is CCC(=O)OC1(c2ccccc2)CCN(C2(c3ccccc3)CCCCC2)CC1. The summed E-state index contributed by atoms with van der Waals surface area (Å²) in [6.07, 6.45) is 8.51. The molecule has 0 unspecified atom stereocenters. The topological polar surface area (TPSA) is 29.5 Å². The first-order valence-electron chi connectivity index (χ1n) is 11.3. The predicted molar refractivity (Wildman–Crippen MR) is 117 cm³/mol. The average Bonchev–Trinajstić information content (AvgIpc) is 2.81. The van der Waals surface area contributed by atoms with Crippen molar-refractivity contribution in [1.82, 2.24) is 4.90 Å². The number of piperidine rings is 1. The second-order valence-corrected chi connectivity index (χ2v) is 8.63. The zero-order valence-electron chi connectivity index (χ0n) is 17.6. The number of ether oxygens (including phenoxy) is 1. The third-order valence-electron chi connectivity index (χ3n) is 7.07. The van der Waals surface area contributed by atoms with E-state index in [1.807, 2.05) is 13.0 Å². The first-order valence-corrected chi connectivity index (χ1v) is 11.3. The summed E-state index contributed by atoms with van der Waals surface area (Å²) in [7, 11) is 0. The summed E-state index contributed by atoms with van der Waals surface area (Å²) in [5, 5.41) is 0. The number of hydrogen-bond donors (Lipinski definition) is 0. The highest BCUT2D eigenvalue weighted by Crippen LogP contribution is 2.46. The first kappa shape index (κ1) is 20.2. The van der Waals surface area contributed by atoms with E-state index in [1.165, 1.54) is 37.7 Å². The van der Waals surface area contributed by atoms with Gasteiger partial charge in [0.25, 0.3) is 0 Å². The fourth-order valence-electron chi connectivity index (χ4n) is 5.45. The molecule has 0 atom stereocenters. The van der Waals surface area contributed by atoms with E-state index in [4.69, 9.17) is 4.74 Å². The molecule has 0 N–H and O–H groups in total. The van der Waals surface area contributed by atoms with Gasteiger partial charge in [-0.05, 0) is 24.0 Å². The lowest BCUT2D eigenvalue weighted by atomic mass is 9.73. The van der Waals surface area contributed by atoms with Crippen LogP contribution in [0.15, 0.2) is 60.7 Å². The predicted octanol–water partition coefficient (Wildman–Crippen LogP) is 5.79. The van der Waals surface area contributed by atoms with Crippen molar-refractivity contribution in [3.05, 3.63) is 71.8 Å². The van der Waals surface area contributed by atoms with Gasteiger partial charge in [0.15, 0.2) is 0 Å². The summed E-state index contributed by atoms with van der Waals surface area (Å²) in [6.45, 7) is 3.80. The maximum absolute atomic E-state index is 12.3. The molecule has 3 nitrogen and oxygen atoms in total. The van der Waals surface area contributed by atoms with Gasteiger partial charge < -0.3 is 4.74 Å². The Labute approximate surface area is 175 Å². The van der Waals surface area contributed by atoms with Gasteiger partial charge in [-0.2, -0.15) is 0 Å². The second kappa shape index (κ2) is 8.71. The molecule has 1 heterocycles. The molecule has 4 rings (SSSR count). The zero-order chi connectivity index (χ0) is 20.2. The van der Waals surface area contributed by atoms with Crippen LogP contribution in [-0.4, -0.2) is 24.0 Å². The van der Waals surface area contributed by atoms with Gasteiger partial charge in [0.1, 0.15) is 5.60 Å². The molecule has 0 spiro atoms. The Bertz CT molecular complexity index is 788. The van der Waals surface area contributed by atoms with E-state index < -0.39 is 5.60 Å². The molecule has 0 aromatic heterocycles. The molecule has 1 saturated carbocycles. The molecular formula is C26H33NO2. The summed E-state index contributed by atoms with van der Waals surface area (Å²) in [5.74, 6) is -0.0993. The third-order valence-corrected chi connectivity index (χ3v) is 7.07. The minimum absolute atomic E-state index is 0.0993. The number of benzene rings is 2. The fourth-order valence-corrected chi connectivity index (χ4v) is 5.45. The molecule has 3 heteroatoms. The maximum Gasteiger partial charge on any atom is 0.306 e. The fraction of sp³-hybridized carbons (Fsp3) is 0.500. The van der Waals surface area contributed by atoms with Crippen molar-refractivity contribution in [1.29, 1.82) is 0 Å². The van der Waals surface area contributed by atoms with Crippen LogP contribution in [0.4, 0.5) is 0 Å². The Morgan fingerprint density at radius 2 is 1.38 bits per heavy atom. The van der Waals surface area contributed by atoms with E-state index in [2.05, 4.69) is 59.5 Å². The van der Waals surface area contributed by atoms with E-state index >= 15 is 0 Å². The maximum atomic E-state index is 12.3. The van der Waals surface area contributed by atoms with Crippen LogP contribution >= 0.6 is 0 Å². The normalized spacial score (nSPS) is 21.4. The molecule has 2 fully saturated rings. The van der Waals surface area contributed by atoms with Crippen molar-refractivity contribution in [2.75, 3.05) is 13.1 Å². The highest BCUT2D eigenvalue weighted by molar-refractivity contribution is 5.69. The van der Waals surface area contributed by atoms with Gasteiger partial charge >= 0.3 is 5.97 Å². The van der Waals surface area contributed by atoms with Crippen molar-refractivity contribution >= 4 is 5.97 Å². The number of likely N-dealkylation sites (tertiary alicyclic amines) is 1. The molecule has 1 saturated heterocycles. The lowest BCUT2D eigenvalue weighted by Gasteiger charge is -2.52. The molecule has 2 aromatic rings. The Morgan fingerprint density at radius 1 is 0.828 bits per heavy atom. The number of nitrogens with zero attached hydrogens (tertiary/aromatic N) is 1. The van der Waals surface area contributed by atoms with Crippen molar-refractivity contribution in [2.24, 2.45) is 0 Å². The van der Waals surface area contributed by atoms with Crippen molar-refractivity contribution in [3.8, 4) is 0 Å². The summed E-state index contributed by atoms with van der Waals surface area (Å²) in [6, 6.07) is 21.4. The summed E-state index contributed by atoms with van der Waals surface area (Å²) in [5.41, 5.74) is 2.24. The largest absolute Gasteiger partial charge is 0.454 e. The van der Waals surface area contributed by atoms with Gasteiger partial charge in [-0.25, -0.2) is 0 Å². The Kier molecular flexibility index (Phi) is 6.05. The van der Waals surface area contributed by atoms with Gasteiger partial charge in [-0.15, -0.1) is 0 Å². The van der Waals surface area contributed by atoms with E-state index in [-0.39, 0.29) is 11.5 Å². The molecule has 0 bridgehead atoms. The van der Waals surface area contributed by atoms with Crippen molar-refractivity contribution in [3.63, 3.8) is 0 Å². The van der Waals surface area contributed by atoms with Crippen LogP contribution in [-0.2, 0) is 20.7 Å². The first-order chi connectivity index (χ1) is 14.2. The highest BCUT2D eigenvalue weighted by Gasteiger charge is 2.46. The van der Waals surface area contributed by atoms with Gasteiger partial charge in [0.2, 0.25) is 0 Å². The van der Waals surface area contributed by atoms with E-state index in [0.717, 1.165) is 31.5 Å². The molecule has 1 aliphatic heterocycles. The zero-order valence-corrected chi connectivity index (χ0v) is 17.6. The van der Waals surface area contributed by atoms with E-state index in [1.54, 1.807) is 0 Å². The molecule has 2 aromatic carbocycles. The number of rotatable bonds is 5. The Hall–Kier alpha value is -2.13. The van der Waals surface area contributed by atoms with Crippen LogP contribution in [0.1, 0.15) is 69.4 Å². The lowest BCUT2D eigenvalue weighted by molar-refractivity contribution is -0.169. The molecule has 0 amide bonds. The van der Waals surface area contributed by atoms with Crippen LogP contribution in [0.2, 0.25) is 0 Å². The molecule has 29 heavy (non-hydrogen) atoms. The lowest BCUT2D eigenvalue weighted by Crippen LogP contribution is -2.54. The Morgan fingerprint density at radius 3 is 1.93 bits per heavy atom. The number of hydrogen-bond acceptors (Lipinski definition) is 3. The van der Waals surface area contributed by atoms with E-state index in [9.17, 15) is 4.79 Å². The third kappa shape index (κ3) is 3.98. The number of carbonyl (C=O) groups is 1. The van der Waals surface area contributed by atoms with Crippen LogP contribution < -0.4 is 0 Å². The summed E-state index contributed by atoms with van der Waals surface area (Å²) >= 11 is 0. The van der Waals surface area contributed by atoms with Crippen LogP contribution in [0.5, 0.6) is 0 Å². The average molecular weight is 392 g/mol. The highest BCUT2D eigenvalue weighted by atomic mass is 16.6. The van der Waals surface area contributed by atoms with Gasteiger partial charge in [-0.3, -0.25) is 9.69 Å². The standard InChI is InChI=1S/C26H33NO2/c1-2-24(28)29-26(23-14-8-4-9-15-23)18-20-27(21-19-26)25(16-10-5-11-17-25)22-12-6-3-7-13-22/h3-4,6-9,12-15H,2,5,10-11,16-21H2,1H3. The minimum Gasteiger partial charge on any atom is -0.454 e. The summed E-state index contributed by atoms with van der Waals surface area (Å²) < 4.78 is 6.12. The molecule has 1 aliphatic carbocycles. The second-order valence-electron chi connectivity index (χ2n) is 8.63. The molecular weight excluding hydrogens is 358 g/mol.